The van der Waals surface area contributed by atoms with Gasteiger partial charge < -0.3 is 4.42 Å². The van der Waals surface area contributed by atoms with Crippen LogP contribution in [-0.4, -0.2) is 30.4 Å². The maximum absolute atomic E-state index is 13.1. The number of nitrogens with zero attached hydrogens (tertiary/aromatic N) is 5. The Morgan fingerprint density at radius 2 is 1.82 bits per heavy atom. The van der Waals surface area contributed by atoms with Gasteiger partial charge in [0.15, 0.2) is 4.32 Å². The minimum atomic E-state index is -4.53. The zero-order chi connectivity index (χ0) is 23.9. The van der Waals surface area contributed by atoms with Gasteiger partial charge in [-0.15, -0.1) is 5.10 Å². The smallest absolute Gasteiger partial charge is 0.416 e. The lowest BCUT2D eigenvalue weighted by molar-refractivity contribution is -0.137. The molecule has 0 atom stereocenters. The highest BCUT2D eigenvalue weighted by Gasteiger charge is 2.36. The number of amides is 1. The number of furan rings is 1. The van der Waals surface area contributed by atoms with Gasteiger partial charge in [0.25, 0.3) is 5.91 Å². The van der Waals surface area contributed by atoms with Gasteiger partial charge in [-0.1, -0.05) is 42.2 Å². The topological polar surface area (TPSA) is 77.0 Å². The van der Waals surface area contributed by atoms with Gasteiger partial charge in [-0.25, -0.2) is 4.68 Å². The molecule has 0 saturated carbocycles. The quantitative estimate of drug-likeness (QED) is 0.277. The van der Waals surface area contributed by atoms with E-state index in [4.69, 9.17) is 16.6 Å². The van der Waals surface area contributed by atoms with Crippen molar-refractivity contribution in [3.05, 3.63) is 83.2 Å². The fourth-order valence-corrected chi connectivity index (χ4v) is 4.59. The molecule has 0 aliphatic carbocycles. The summed E-state index contributed by atoms with van der Waals surface area (Å²) in [6.07, 6.45) is -1.54. The number of rotatable bonds is 4. The lowest BCUT2D eigenvalue weighted by Gasteiger charge is -2.16. The van der Waals surface area contributed by atoms with E-state index in [9.17, 15) is 18.0 Å². The number of thiocarbonyl (C=S) groups is 1. The van der Waals surface area contributed by atoms with Gasteiger partial charge in [-0.3, -0.25) is 9.69 Å². The normalized spacial score (nSPS) is 15.5. The van der Waals surface area contributed by atoms with Crippen molar-refractivity contribution in [2.45, 2.75) is 6.18 Å². The Balaban J connectivity index is 1.40. The highest BCUT2D eigenvalue weighted by molar-refractivity contribution is 8.27. The predicted molar refractivity (Wildman–Crippen MR) is 124 cm³/mol. The van der Waals surface area contributed by atoms with E-state index in [0.717, 1.165) is 40.0 Å². The van der Waals surface area contributed by atoms with Crippen LogP contribution in [0.25, 0.3) is 23.1 Å². The summed E-state index contributed by atoms with van der Waals surface area (Å²) in [4.78, 5) is 14.3. The molecular weight excluding hydrogens is 487 g/mol. The standard InChI is InChI=1S/C22H12F3N5O2S2/c23-22(24,25)14-4-2-6-16(10-14)30-20(31)19(34-21(30)33)11-17-7-8-18(32-17)13-3-1-5-15(9-13)29-12-26-27-28-29/h1-12H/b19-11-. The van der Waals surface area contributed by atoms with Crippen LogP contribution in [0, 0.1) is 0 Å². The first kappa shape index (κ1) is 22.0. The van der Waals surface area contributed by atoms with Crippen LogP contribution < -0.4 is 4.90 Å². The monoisotopic (exact) mass is 499 g/mol. The summed E-state index contributed by atoms with van der Waals surface area (Å²) in [5.41, 5.74) is 0.703. The molecule has 0 spiro atoms. The molecule has 1 saturated heterocycles. The number of tetrazole rings is 1. The molecule has 2 aromatic carbocycles. The number of halogens is 3. The van der Waals surface area contributed by atoms with E-state index in [2.05, 4.69) is 15.5 Å². The van der Waals surface area contributed by atoms with Gasteiger partial charge in [0.2, 0.25) is 0 Å². The average molecular weight is 499 g/mol. The molecule has 3 heterocycles. The first-order valence-electron chi connectivity index (χ1n) is 9.68. The highest BCUT2D eigenvalue weighted by Crippen LogP contribution is 2.39. The molecule has 0 radical (unpaired) electrons. The van der Waals surface area contributed by atoms with Crippen LogP contribution >= 0.6 is 24.0 Å². The van der Waals surface area contributed by atoms with Crippen molar-refractivity contribution >= 4 is 46.0 Å². The summed E-state index contributed by atoms with van der Waals surface area (Å²) in [7, 11) is 0. The summed E-state index contributed by atoms with van der Waals surface area (Å²) in [6, 6.07) is 15.3. The second-order valence-corrected chi connectivity index (χ2v) is 8.75. The second kappa shape index (κ2) is 8.54. The molecular formula is C22H12F3N5O2S2. The van der Waals surface area contributed by atoms with E-state index in [-0.39, 0.29) is 14.9 Å². The Morgan fingerprint density at radius 1 is 1.03 bits per heavy atom. The molecule has 0 bridgehead atoms. The first-order chi connectivity index (χ1) is 16.3. The van der Waals surface area contributed by atoms with Gasteiger partial charge in [0.1, 0.15) is 17.8 Å². The third-order valence-corrected chi connectivity index (χ3v) is 6.17. The van der Waals surface area contributed by atoms with Crippen molar-refractivity contribution in [2.24, 2.45) is 0 Å². The summed E-state index contributed by atoms with van der Waals surface area (Å²) >= 11 is 6.25. The molecule has 7 nitrogen and oxygen atoms in total. The number of hydrogen-bond acceptors (Lipinski definition) is 7. The summed E-state index contributed by atoms with van der Waals surface area (Å²) < 4.78 is 46.8. The van der Waals surface area contributed by atoms with Crippen molar-refractivity contribution in [3.8, 4) is 17.0 Å². The van der Waals surface area contributed by atoms with E-state index >= 15 is 0 Å². The molecule has 0 N–H and O–H groups in total. The van der Waals surface area contributed by atoms with Crippen LogP contribution in [-0.2, 0) is 11.0 Å². The number of hydrogen-bond donors (Lipinski definition) is 0. The Kier molecular flexibility index (Phi) is 5.54. The molecule has 5 rings (SSSR count). The molecule has 1 amide bonds. The lowest BCUT2D eigenvalue weighted by Crippen LogP contribution is -2.27. The molecule has 4 aromatic rings. The van der Waals surface area contributed by atoms with Crippen LogP contribution in [0.5, 0.6) is 0 Å². The fraction of sp³-hybridized carbons (Fsp3) is 0.0455. The van der Waals surface area contributed by atoms with Crippen LogP contribution in [0.2, 0.25) is 0 Å². The molecule has 12 heteroatoms. The van der Waals surface area contributed by atoms with Gasteiger partial charge in [-0.05, 0) is 52.9 Å². The first-order valence-corrected chi connectivity index (χ1v) is 10.9. The van der Waals surface area contributed by atoms with E-state index < -0.39 is 17.6 Å². The molecule has 34 heavy (non-hydrogen) atoms. The van der Waals surface area contributed by atoms with Crippen LogP contribution in [0.4, 0.5) is 18.9 Å². The molecule has 1 aliphatic heterocycles. The maximum Gasteiger partial charge on any atom is 0.416 e. The van der Waals surface area contributed by atoms with Crippen LogP contribution in [0.1, 0.15) is 11.3 Å². The van der Waals surface area contributed by atoms with E-state index in [1.807, 2.05) is 24.3 Å². The van der Waals surface area contributed by atoms with Crippen LogP contribution in [0.3, 0.4) is 0 Å². The third kappa shape index (κ3) is 4.24. The predicted octanol–water partition coefficient (Wildman–Crippen LogP) is 5.35. The summed E-state index contributed by atoms with van der Waals surface area (Å²) in [5, 5.41) is 11.1. The number of anilines is 1. The van der Waals surface area contributed by atoms with E-state index in [0.29, 0.717) is 11.5 Å². The number of aromatic nitrogens is 4. The zero-order valence-corrected chi connectivity index (χ0v) is 18.6. The van der Waals surface area contributed by atoms with E-state index in [1.54, 1.807) is 12.1 Å². The van der Waals surface area contributed by atoms with Crippen molar-refractivity contribution in [1.29, 1.82) is 0 Å². The number of alkyl halides is 3. The minimum absolute atomic E-state index is 0.0558. The van der Waals surface area contributed by atoms with Gasteiger partial charge in [-0.2, -0.15) is 13.2 Å². The third-order valence-electron chi connectivity index (χ3n) is 4.87. The maximum atomic E-state index is 13.1. The second-order valence-electron chi connectivity index (χ2n) is 7.07. The van der Waals surface area contributed by atoms with Crippen molar-refractivity contribution in [2.75, 3.05) is 4.90 Å². The van der Waals surface area contributed by atoms with Gasteiger partial charge >= 0.3 is 6.18 Å². The largest absolute Gasteiger partial charge is 0.457 e. The van der Waals surface area contributed by atoms with Crippen LogP contribution in [0.15, 0.2) is 76.3 Å². The van der Waals surface area contributed by atoms with Gasteiger partial charge in [0, 0.05) is 11.6 Å². The summed E-state index contributed by atoms with van der Waals surface area (Å²) in [6.45, 7) is 0. The Hall–Kier alpha value is -3.77. The SMILES string of the molecule is O=C1/C(=C/c2ccc(-c3cccc(-n4cnnn4)c3)o2)SC(=S)N1c1cccc(C(F)(F)F)c1. The number of carbonyl (C=O) groups is 1. The Labute approximate surface area is 199 Å². The fourth-order valence-electron chi connectivity index (χ4n) is 3.31. The molecule has 1 fully saturated rings. The van der Waals surface area contributed by atoms with Crippen molar-refractivity contribution < 1.29 is 22.4 Å². The van der Waals surface area contributed by atoms with E-state index in [1.165, 1.54) is 29.2 Å². The number of carbonyl (C=O) groups excluding carboxylic acids is 1. The summed E-state index contributed by atoms with van der Waals surface area (Å²) in [5.74, 6) is 0.426. The van der Waals surface area contributed by atoms with Crippen molar-refractivity contribution in [1.82, 2.24) is 20.2 Å². The number of thioether (sulfide) groups is 1. The Morgan fingerprint density at radius 3 is 2.59 bits per heavy atom. The highest BCUT2D eigenvalue weighted by atomic mass is 32.2. The number of benzene rings is 2. The molecule has 0 unspecified atom stereocenters. The van der Waals surface area contributed by atoms with Crippen molar-refractivity contribution in [3.63, 3.8) is 0 Å². The molecule has 1 aliphatic rings. The minimum Gasteiger partial charge on any atom is -0.457 e. The van der Waals surface area contributed by atoms with Gasteiger partial charge in [0.05, 0.1) is 21.8 Å². The lowest BCUT2D eigenvalue weighted by atomic mass is 10.1. The molecule has 2 aromatic heterocycles. The molecule has 170 valence electrons. The zero-order valence-electron chi connectivity index (χ0n) is 16.9. The average Bonchev–Trinajstić information content (AvgIpc) is 3.56. The Bertz CT molecular complexity index is 1430.